The van der Waals surface area contributed by atoms with Crippen LogP contribution in [0.5, 0.6) is 0 Å². The number of hydrogen-bond acceptors (Lipinski definition) is 6. The van der Waals surface area contributed by atoms with Gasteiger partial charge in [-0.25, -0.2) is 14.4 Å². The van der Waals surface area contributed by atoms with E-state index in [-0.39, 0.29) is 24.5 Å². The predicted octanol–water partition coefficient (Wildman–Crippen LogP) is 4.16. The third kappa shape index (κ3) is 5.03. The summed E-state index contributed by atoms with van der Waals surface area (Å²) >= 11 is 6.00. The van der Waals surface area contributed by atoms with Gasteiger partial charge in [0, 0.05) is 11.9 Å². The summed E-state index contributed by atoms with van der Waals surface area (Å²) in [5.74, 6) is -1.01. The van der Waals surface area contributed by atoms with E-state index in [1.54, 1.807) is 19.1 Å². The number of halogens is 4. The van der Waals surface area contributed by atoms with Crippen molar-refractivity contribution in [2.45, 2.75) is 26.6 Å². The molecule has 0 spiro atoms. The van der Waals surface area contributed by atoms with Gasteiger partial charge >= 0.3 is 23.9 Å². The fourth-order valence-electron chi connectivity index (χ4n) is 4.06. The second-order valence-electron chi connectivity index (χ2n) is 8.32. The number of ether oxygens (including phenoxy) is 2. The lowest BCUT2D eigenvalue weighted by Crippen LogP contribution is -2.42. The maximum absolute atomic E-state index is 13.5. The molecule has 0 aliphatic carbocycles. The van der Waals surface area contributed by atoms with Crippen LogP contribution in [-0.2, 0) is 22.2 Å². The lowest BCUT2D eigenvalue weighted by molar-refractivity contribution is -0.137. The Morgan fingerprint density at radius 2 is 1.89 bits per heavy atom. The van der Waals surface area contributed by atoms with Gasteiger partial charge in [-0.2, -0.15) is 13.2 Å². The van der Waals surface area contributed by atoms with Crippen molar-refractivity contribution in [3.05, 3.63) is 90.7 Å². The average molecular weight is 552 g/mol. The fourth-order valence-corrected chi connectivity index (χ4v) is 4.35. The Morgan fingerprint density at radius 1 is 1.16 bits per heavy atom. The van der Waals surface area contributed by atoms with Crippen LogP contribution < -0.4 is 16.1 Å². The van der Waals surface area contributed by atoms with Crippen molar-refractivity contribution in [2.75, 3.05) is 24.7 Å². The first-order chi connectivity index (χ1) is 17.9. The molecule has 38 heavy (non-hydrogen) atoms. The molecule has 2 aromatic carbocycles. The molecule has 9 nitrogen and oxygen atoms in total. The molecule has 0 radical (unpaired) electrons. The van der Waals surface area contributed by atoms with Gasteiger partial charge in [-0.05, 0) is 49.2 Å². The first-order valence-corrected chi connectivity index (χ1v) is 11.7. The molecule has 13 heteroatoms. The van der Waals surface area contributed by atoms with E-state index in [9.17, 15) is 32.3 Å². The Kier molecular flexibility index (Phi) is 7.36. The van der Waals surface area contributed by atoms with Crippen LogP contribution in [-0.4, -0.2) is 41.0 Å². The number of amides is 1. The van der Waals surface area contributed by atoms with Crippen LogP contribution in [0.2, 0.25) is 5.02 Å². The summed E-state index contributed by atoms with van der Waals surface area (Å²) in [5.41, 5.74) is -2.47. The number of carbonyl (C=O) groups excluding carboxylic acids is 2. The second-order valence-corrected chi connectivity index (χ2v) is 8.70. The minimum atomic E-state index is -4.76. The van der Waals surface area contributed by atoms with Crippen molar-refractivity contribution in [1.82, 2.24) is 9.13 Å². The van der Waals surface area contributed by atoms with Crippen LogP contribution >= 0.6 is 11.6 Å². The van der Waals surface area contributed by atoms with Gasteiger partial charge in [-0.3, -0.25) is 18.8 Å². The van der Waals surface area contributed by atoms with E-state index in [0.29, 0.717) is 22.4 Å². The molecule has 1 aliphatic rings. The van der Waals surface area contributed by atoms with E-state index >= 15 is 0 Å². The minimum Gasteiger partial charge on any atom is -0.462 e. The van der Waals surface area contributed by atoms with E-state index < -0.39 is 52.2 Å². The largest absolute Gasteiger partial charge is 0.462 e. The highest BCUT2D eigenvalue weighted by Crippen LogP contribution is 2.36. The Bertz CT molecular complexity index is 1550. The molecular weight excluding hydrogens is 531 g/mol. The molecule has 1 saturated heterocycles. The average Bonchev–Trinajstić information content (AvgIpc) is 3.28. The van der Waals surface area contributed by atoms with Gasteiger partial charge in [-0.1, -0.05) is 23.7 Å². The number of alkyl halides is 3. The number of carbonyl (C=O) groups is 2. The summed E-state index contributed by atoms with van der Waals surface area (Å²) in [7, 11) is 0. The maximum Gasteiger partial charge on any atom is 0.417 e. The Morgan fingerprint density at radius 3 is 2.50 bits per heavy atom. The molecule has 0 N–H and O–H groups in total. The van der Waals surface area contributed by atoms with Gasteiger partial charge in [0.2, 0.25) is 0 Å². The quantitative estimate of drug-likeness (QED) is 0.427. The lowest BCUT2D eigenvalue weighted by Gasteiger charge is -2.18. The highest BCUT2D eigenvalue weighted by Gasteiger charge is 2.34. The second kappa shape index (κ2) is 10.4. The number of aryl methyl sites for hydroxylation is 1. The third-order valence-corrected chi connectivity index (χ3v) is 6.34. The molecule has 1 fully saturated rings. The zero-order chi connectivity index (χ0) is 27.8. The van der Waals surface area contributed by atoms with Crippen LogP contribution in [0.25, 0.3) is 5.69 Å². The van der Waals surface area contributed by atoms with E-state index in [1.807, 2.05) is 0 Å². The fraction of sp³-hybridized carbons (Fsp3) is 0.280. The molecule has 2 heterocycles. The topological polar surface area (TPSA) is 99.8 Å². The van der Waals surface area contributed by atoms with E-state index in [2.05, 4.69) is 0 Å². The molecule has 0 atom stereocenters. The van der Waals surface area contributed by atoms with E-state index in [1.165, 1.54) is 24.0 Å². The van der Waals surface area contributed by atoms with Gasteiger partial charge in [0.25, 0.3) is 5.56 Å². The van der Waals surface area contributed by atoms with Gasteiger partial charge in [0.1, 0.15) is 12.2 Å². The van der Waals surface area contributed by atoms with Gasteiger partial charge in [0.15, 0.2) is 0 Å². The summed E-state index contributed by atoms with van der Waals surface area (Å²) in [4.78, 5) is 52.6. The molecule has 0 unspecified atom stereocenters. The van der Waals surface area contributed by atoms with Crippen LogP contribution in [0, 0.1) is 6.92 Å². The molecular formula is C25H21ClF3N3O6. The molecule has 200 valence electrons. The Balaban J connectivity index is 1.88. The van der Waals surface area contributed by atoms with E-state index in [4.69, 9.17) is 21.1 Å². The van der Waals surface area contributed by atoms with Crippen molar-refractivity contribution < 1.29 is 32.2 Å². The molecule has 1 aromatic heterocycles. The molecule has 0 bridgehead atoms. The number of nitrogens with zero attached hydrogens (tertiary/aromatic N) is 3. The molecule has 3 aromatic rings. The number of anilines is 1. The number of hydrogen-bond donors (Lipinski definition) is 0. The maximum atomic E-state index is 13.5. The van der Waals surface area contributed by atoms with Crippen LogP contribution in [0.3, 0.4) is 0 Å². The SMILES string of the molecule is CCOC(=O)c1cn(-c2ccc(N3CCOC3=O)cc2C)c(=O)n(Cc2cccc(C(F)(F)F)c2Cl)c1=O. The summed E-state index contributed by atoms with van der Waals surface area (Å²) in [6.07, 6.45) is -4.25. The van der Waals surface area contributed by atoms with Crippen molar-refractivity contribution in [3.63, 3.8) is 0 Å². The molecule has 1 aliphatic heterocycles. The number of rotatable bonds is 6. The first-order valence-electron chi connectivity index (χ1n) is 11.4. The number of esters is 1. The number of aromatic nitrogens is 2. The first kappa shape index (κ1) is 27.0. The highest BCUT2D eigenvalue weighted by molar-refractivity contribution is 6.32. The van der Waals surface area contributed by atoms with Crippen LogP contribution in [0.1, 0.15) is 34.0 Å². The van der Waals surface area contributed by atoms with Crippen molar-refractivity contribution in [3.8, 4) is 5.69 Å². The zero-order valence-corrected chi connectivity index (χ0v) is 20.9. The smallest absolute Gasteiger partial charge is 0.417 e. The third-order valence-electron chi connectivity index (χ3n) is 5.89. The minimum absolute atomic E-state index is 0.0590. The monoisotopic (exact) mass is 551 g/mol. The summed E-state index contributed by atoms with van der Waals surface area (Å²) < 4.78 is 51.7. The lowest BCUT2D eigenvalue weighted by atomic mass is 10.1. The Hall–Kier alpha value is -4.06. The standard InChI is InChI=1S/C25H21ClF3N3O6/c1-3-37-22(34)17-13-31(19-8-7-16(11-14(19)2)30-9-10-38-24(30)36)23(35)32(21(17)33)12-15-5-4-6-18(20(15)26)25(27,28)29/h4-8,11,13H,3,9-10,12H2,1-2H3. The van der Waals surface area contributed by atoms with Gasteiger partial charge in [-0.15, -0.1) is 0 Å². The normalized spacial score (nSPS) is 13.5. The van der Waals surface area contributed by atoms with Crippen LogP contribution in [0.15, 0.2) is 52.2 Å². The number of benzene rings is 2. The highest BCUT2D eigenvalue weighted by atomic mass is 35.5. The number of cyclic esters (lactones) is 1. The molecule has 4 rings (SSSR count). The molecule has 0 saturated carbocycles. The molecule has 1 amide bonds. The Labute approximate surface area is 218 Å². The van der Waals surface area contributed by atoms with Crippen molar-refractivity contribution in [2.24, 2.45) is 0 Å². The predicted molar refractivity (Wildman–Crippen MR) is 131 cm³/mol. The summed E-state index contributed by atoms with van der Waals surface area (Å²) in [5, 5.41) is -0.669. The summed E-state index contributed by atoms with van der Waals surface area (Å²) in [6, 6.07) is 7.83. The van der Waals surface area contributed by atoms with Crippen molar-refractivity contribution in [1.29, 1.82) is 0 Å². The van der Waals surface area contributed by atoms with Gasteiger partial charge < -0.3 is 9.47 Å². The summed E-state index contributed by atoms with van der Waals surface area (Å²) in [6.45, 7) is 3.05. The van der Waals surface area contributed by atoms with E-state index in [0.717, 1.165) is 22.9 Å². The van der Waals surface area contributed by atoms with Crippen LogP contribution in [0.4, 0.5) is 23.7 Å². The van der Waals surface area contributed by atoms with Gasteiger partial charge in [0.05, 0.1) is 36.0 Å². The van der Waals surface area contributed by atoms with Crippen molar-refractivity contribution >= 4 is 29.4 Å². The zero-order valence-electron chi connectivity index (χ0n) is 20.2.